The molecule has 0 unspecified atom stereocenters. The van der Waals surface area contributed by atoms with Crippen LogP contribution >= 0.6 is 0 Å². The summed E-state index contributed by atoms with van der Waals surface area (Å²) in [5, 5.41) is 2.40. The molecule has 0 aromatic heterocycles. The van der Waals surface area contributed by atoms with Crippen LogP contribution in [0.5, 0.6) is 11.5 Å². The topological polar surface area (TPSA) is 71.1 Å². The van der Waals surface area contributed by atoms with E-state index in [1.54, 1.807) is 18.2 Å². The van der Waals surface area contributed by atoms with Gasteiger partial charge in [-0.05, 0) is 55.1 Å². The molecule has 1 fully saturated rings. The molecule has 1 N–H and O–H groups in total. The van der Waals surface area contributed by atoms with Crippen molar-refractivity contribution in [3.8, 4) is 11.5 Å². The minimum atomic E-state index is -0.582. The lowest BCUT2D eigenvalue weighted by molar-refractivity contribution is -0.107. The number of hydrogen-bond acceptors (Lipinski definition) is 6. The second-order valence-corrected chi connectivity index (χ2v) is 8.50. The summed E-state index contributed by atoms with van der Waals surface area (Å²) < 4.78 is 22.7. The fraction of sp³-hybridized carbons (Fsp3) is 0.310. The zero-order valence-electron chi connectivity index (χ0n) is 21.1. The molecule has 1 saturated heterocycles. The van der Waals surface area contributed by atoms with E-state index in [2.05, 4.69) is 58.6 Å². The minimum Gasteiger partial charge on any atom is -0.491 e. The lowest BCUT2D eigenvalue weighted by Gasteiger charge is -2.34. The van der Waals surface area contributed by atoms with Gasteiger partial charge in [-0.15, -0.1) is 0 Å². The van der Waals surface area contributed by atoms with Gasteiger partial charge in [0.2, 0.25) is 0 Å². The quantitative estimate of drug-likeness (QED) is 0.419. The van der Waals surface area contributed by atoms with Gasteiger partial charge < -0.3 is 29.4 Å². The number of likely N-dealkylation sites (N-methyl/N-ethyl adjacent to an activating group) is 1. The van der Waals surface area contributed by atoms with Crippen LogP contribution in [0.15, 0.2) is 78.9 Å². The number of alkyl halides is 1. The average molecular weight is 508 g/mol. The molecular weight excluding hydrogens is 473 g/mol. The lowest BCUT2D eigenvalue weighted by Crippen LogP contribution is -2.44. The van der Waals surface area contributed by atoms with Gasteiger partial charge in [-0.2, -0.15) is 0 Å². The maximum absolute atomic E-state index is 11.9. The van der Waals surface area contributed by atoms with Crippen LogP contribution in [0, 0.1) is 0 Å². The molecular formula is C29H34FN3O4. The van der Waals surface area contributed by atoms with Gasteiger partial charge in [0.05, 0.1) is 6.54 Å². The number of aldehydes is 1. The van der Waals surface area contributed by atoms with Crippen LogP contribution in [0.2, 0.25) is 0 Å². The van der Waals surface area contributed by atoms with E-state index >= 15 is 0 Å². The molecule has 0 aliphatic carbocycles. The molecule has 196 valence electrons. The zero-order chi connectivity index (χ0) is 26.3. The van der Waals surface area contributed by atoms with Gasteiger partial charge in [0.15, 0.2) is 0 Å². The van der Waals surface area contributed by atoms with Gasteiger partial charge in [0, 0.05) is 37.4 Å². The number of amides is 1. The molecule has 1 aliphatic rings. The van der Waals surface area contributed by atoms with Crippen molar-refractivity contribution in [2.75, 3.05) is 58.0 Å². The van der Waals surface area contributed by atoms with Crippen molar-refractivity contribution < 1.29 is 23.5 Å². The smallest absolute Gasteiger partial charge is 0.251 e. The number of rotatable bonds is 10. The molecule has 1 amide bonds. The number of halogens is 1. The molecule has 1 heterocycles. The highest BCUT2D eigenvalue weighted by Crippen LogP contribution is 2.21. The summed E-state index contributed by atoms with van der Waals surface area (Å²) in [5.74, 6) is 0.992. The lowest BCUT2D eigenvalue weighted by atomic mass is 10.2. The highest BCUT2D eigenvalue weighted by atomic mass is 19.1. The zero-order valence-corrected chi connectivity index (χ0v) is 21.1. The Morgan fingerprint density at radius 2 is 1.65 bits per heavy atom. The van der Waals surface area contributed by atoms with Crippen LogP contribution in [0.3, 0.4) is 0 Å². The van der Waals surface area contributed by atoms with Gasteiger partial charge in [-0.3, -0.25) is 4.79 Å². The summed E-state index contributed by atoms with van der Waals surface area (Å²) in [6, 6.07) is 25.0. The first-order chi connectivity index (χ1) is 18.1. The number of nitrogens with one attached hydrogen (secondary N) is 1. The number of benzene rings is 3. The summed E-state index contributed by atoms with van der Waals surface area (Å²) in [6.45, 7) is 4.42. The summed E-state index contributed by atoms with van der Waals surface area (Å²) in [7, 11) is 2.18. The van der Waals surface area contributed by atoms with Crippen molar-refractivity contribution in [3.05, 3.63) is 90.0 Å². The van der Waals surface area contributed by atoms with E-state index in [1.165, 1.54) is 17.3 Å². The van der Waals surface area contributed by atoms with Crippen molar-refractivity contribution in [1.29, 1.82) is 0 Å². The van der Waals surface area contributed by atoms with E-state index in [1.807, 2.05) is 18.2 Å². The molecule has 0 spiro atoms. The van der Waals surface area contributed by atoms with Crippen LogP contribution < -0.4 is 19.7 Å². The number of anilines is 1. The van der Waals surface area contributed by atoms with Crippen LogP contribution in [-0.2, 0) is 11.4 Å². The Bertz CT molecular complexity index is 1090. The van der Waals surface area contributed by atoms with E-state index in [0.717, 1.165) is 31.9 Å². The van der Waals surface area contributed by atoms with Crippen LogP contribution in [-0.4, -0.2) is 70.1 Å². The standard InChI is InChI=1S/C18H22N2O.C11H12FNO3/c1-19-11-13-20(14-12-19)17-7-9-18(10-8-17)21-15-16-5-3-2-4-6-16;12-4-7-16-10-3-1-2-9(8-10)11(15)13-5-6-14/h2-10H,11-15H2,1H3;1-3,6,8H,4-5,7H2,(H,13,15). The highest BCUT2D eigenvalue weighted by Gasteiger charge is 2.14. The van der Waals surface area contributed by atoms with E-state index in [4.69, 9.17) is 9.47 Å². The Hall–Kier alpha value is -3.91. The third-order valence-electron chi connectivity index (χ3n) is 5.74. The van der Waals surface area contributed by atoms with Gasteiger partial charge in [-0.1, -0.05) is 36.4 Å². The molecule has 3 aromatic carbocycles. The van der Waals surface area contributed by atoms with Gasteiger partial charge >= 0.3 is 0 Å². The predicted octanol–water partition coefficient (Wildman–Crippen LogP) is 3.98. The first-order valence-electron chi connectivity index (χ1n) is 12.3. The Morgan fingerprint density at radius 3 is 2.32 bits per heavy atom. The van der Waals surface area contributed by atoms with Crippen LogP contribution in [0.4, 0.5) is 10.1 Å². The van der Waals surface area contributed by atoms with E-state index in [9.17, 15) is 14.0 Å². The first kappa shape index (κ1) is 27.7. The van der Waals surface area contributed by atoms with Crippen LogP contribution in [0.25, 0.3) is 0 Å². The Balaban J connectivity index is 0.000000214. The number of carbonyl (C=O) groups is 2. The van der Waals surface area contributed by atoms with Crippen molar-refractivity contribution >= 4 is 17.9 Å². The molecule has 0 atom stereocenters. The molecule has 7 nitrogen and oxygen atoms in total. The van der Waals surface area contributed by atoms with E-state index in [-0.39, 0.29) is 19.1 Å². The molecule has 3 aromatic rings. The maximum Gasteiger partial charge on any atom is 0.251 e. The Labute approximate surface area is 217 Å². The molecule has 4 rings (SSSR count). The van der Waals surface area contributed by atoms with E-state index < -0.39 is 6.67 Å². The molecule has 8 heteroatoms. The molecule has 0 radical (unpaired) electrons. The van der Waals surface area contributed by atoms with Gasteiger partial charge in [-0.25, -0.2) is 4.39 Å². The fourth-order valence-electron chi connectivity index (χ4n) is 3.68. The fourth-order valence-corrected chi connectivity index (χ4v) is 3.68. The Kier molecular flexibility index (Phi) is 11.4. The molecule has 0 bridgehead atoms. The average Bonchev–Trinajstić information content (AvgIpc) is 2.95. The third kappa shape index (κ3) is 9.57. The normalized spacial score (nSPS) is 13.2. The largest absolute Gasteiger partial charge is 0.491 e. The highest BCUT2D eigenvalue weighted by molar-refractivity contribution is 5.95. The number of ether oxygens (including phenoxy) is 2. The Morgan fingerprint density at radius 1 is 0.919 bits per heavy atom. The summed E-state index contributed by atoms with van der Waals surface area (Å²) >= 11 is 0. The summed E-state index contributed by atoms with van der Waals surface area (Å²) in [4.78, 5) is 26.3. The summed E-state index contributed by atoms with van der Waals surface area (Å²) in [6.07, 6.45) is 0.599. The van der Waals surface area contributed by atoms with Gasteiger partial charge in [0.25, 0.3) is 5.91 Å². The van der Waals surface area contributed by atoms with Crippen LogP contribution in [0.1, 0.15) is 15.9 Å². The van der Waals surface area contributed by atoms with Gasteiger partial charge in [0.1, 0.15) is 37.7 Å². The van der Waals surface area contributed by atoms with E-state index in [0.29, 0.717) is 24.2 Å². The maximum atomic E-state index is 11.9. The number of piperazine rings is 1. The van der Waals surface area contributed by atoms with Crippen molar-refractivity contribution in [2.45, 2.75) is 6.61 Å². The first-order valence-corrected chi connectivity index (χ1v) is 12.3. The number of nitrogens with zero attached hydrogens (tertiary/aromatic N) is 2. The predicted molar refractivity (Wildman–Crippen MR) is 143 cm³/mol. The second kappa shape index (κ2) is 15.3. The number of carbonyl (C=O) groups excluding carboxylic acids is 2. The molecule has 1 aliphatic heterocycles. The van der Waals surface area contributed by atoms with Crippen molar-refractivity contribution in [2.24, 2.45) is 0 Å². The molecule has 0 saturated carbocycles. The summed E-state index contributed by atoms with van der Waals surface area (Å²) in [5.41, 5.74) is 2.86. The minimum absolute atomic E-state index is 0.0333. The monoisotopic (exact) mass is 507 g/mol. The SMILES string of the molecule is CN1CCN(c2ccc(OCc3ccccc3)cc2)CC1.O=CCNC(=O)c1cccc(OCCF)c1. The van der Waals surface area contributed by atoms with Crippen molar-refractivity contribution in [1.82, 2.24) is 10.2 Å². The molecule has 37 heavy (non-hydrogen) atoms. The number of hydrogen-bond donors (Lipinski definition) is 1. The second-order valence-electron chi connectivity index (χ2n) is 8.50. The third-order valence-corrected chi connectivity index (χ3v) is 5.74. The van der Waals surface area contributed by atoms with Crippen molar-refractivity contribution in [3.63, 3.8) is 0 Å².